The van der Waals surface area contributed by atoms with Crippen molar-refractivity contribution >= 4 is 15.7 Å². The summed E-state index contributed by atoms with van der Waals surface area (Å²) in [5.74, 6) is -0.825. The van der Waals surface area contributed by atoms with Gasteiger partial charge in [0.05, 0.1) is 23.1 Å². The minimum absolute atomic E-state index is 0.0735. The number of hydrogen-bond acceptors (Lipinski definition) is 3. The Balaban J connectivity index is 2.82. The van der Waals surface area contributed by atoms with Gasteiger partial charge in [0.15, 0.2) is 0 Å². The molecule has 0 amide bonds. The summed E-state index contributed by atoms with van der Waals surface area (Å²) in [5.41, 5.74) is -0.0964. The van der Waals surface area contributed by atoms with E-state index in [0.717, 1.165) is 6.07 Å². The molecule has 1 N–H and O–H groups in total. The summed E-state index contributed by atoms with van der Waals surface area (Å²) < 4.78 is 39.4. The Morgan fingerprint density at radius 1 is 1.37 bits per heavy atom. The van der Waals surface area contributed by atoms with Crippen LogP contribution < -0.4 is 4.72 Å². The molecule has 6 heteroatoms. The van der Waals surface area contributed by atoms with Crippen molar-refractivity contribution in [2.45, 2.75) is 27.2 Å². The molecule has 0 heterocycles. The van der Waals surface area contributed by atoms with Gasteiger partial charge in [0.1, 0.15) is 5.82 Å². The number of nitrogens with zero attached hydrogens (tertiary/aromatic N) is 1. The van der Waals surface area contributed by atoms with E-state index in [0.29, 0.717) is 6.42 Å². The van der Waals surface area contributed by atoms with Crippen LogP contribution in [-0.4, -0.2) is 14.2 Å². The van der Waals surface area contributed by atoms with Gasteiger partial charge >= 0.3 is 0 Å². The van der Waals surface area contributed by atoms with Crippen LogP contribution in [-0.2, 0) is 10.0 Å². The topological polar surface area (TPSA) is 70.0 Å². The van der Waals surface area contributed by atoms with Crippen LogP contribution in [0.25, 0.3) is 0 Å². The van der Waals surface area contributed by atoms with Crippen LogP contribution in [0, 0.1) is 22.6 Å². The number of nitrogens with one attached hydrogen (secondary N) is 1. The third kappa shape index (κ3) is 5.26. The average molecular weight is 284 g/mol. The molecule has 0 bridgehead atoms. The largest absolute Gasteiger partial charge is 0.281 e. The molecule has 104 valence electrons. The lowest BCUT2D eigenvalue weighted by Gasteiger charge is -2.18. The molecular weight excluding hydrogens is 267 g/mol. The maximum atomic E-state index is 13.6. The fraction of sp³-hybridized carbons (Fsp3) is 0.462. The molecule has 0 saturated heterocycles. The van der Waals surface area contributed by atoms with E-state index in [1.165, 1.54) is 12.1 Å². The first-order valence-electron chi connectivity index (χ1n) is 5.83. The summed E-state index contributed by atoms with van der Waals surface area (Å²) in [6.07, 6.45) is 0.472. The summed E-state index contributed by atoms with van der Waals surface area (Å²) >= 11 is 0. The summed E-state index contributed by atoms with van der Waals surface area (Å²) in [7, 11) is -3.58. The molecular formula is C13H17FN2O2S. The predicted octanol–water partition coefficient (Wildman–Crippen LogP) is 2.88. The molecule has 0 aliphatic carbocycles. The van der Waals surface area contributed by atoms with Gasteiger partial charge in [-0.3, -0.25) is 4.72 Å². The quantitative estimate of drug-likeness (QED) is 0.924. The van der Waals surface area contributed by atoms with Crippen LogP contribution in [0.15, 0.2) is 18.2 Å². The Labute approximate surface area is 113 Å². The second-order valence-electron chi connectivity index (χ2n) is 5.54. The Hall–Kier alpha value is -1.61. The zero-order valence-corrected chi connectivity index (χ0v) is 12.0. The van der Waals surface area contributed by atoms with Gasteiger partial charge in [0.25, 0.3) is 0 Å². The molecule has 0 saturated carbocycles. The van der Waals surface area contributed by atoms with Crippen molar-refractivity contribution in [2.75, 3.05) is 10.5 Å². The number of benzene rings is 1. The zero-order valence-electron chi connectivity index (χ0n) is 11.2. The van der Waals surface area contributed by atoms with Crippen molar-refractivity contribution in [3.8, 4) is 6.07 Å². The Kier molecular flexibility index (Phi) is 4.53. The van der Waals surface area contributed by atoms with Crippen LogP contribution in [0.5, 0.6) is 0 Å². The minimum Gasteiger partial charge on any atom is -0.281 e. The lowest BCUT2D eigenvalue weighted by Crippen LogP contribution is -2.21. The van der Waals surface area contributed by atoms with Crippen molar-refractivity contribution in [2.24, 2.45) is 5.41 Å². The maximum absolute atomic E-state index is 13.6. The molecule has 0 unspecified atom stereocenters. The van der Waals surface area contributed by atoms with Crippen LogP contribution >= 0.6 is 0 Å². The molecule has 0 spiro atoms. The highest BCUT2D eigenvalue weighted by Gasteiger charge is 2.18. The molecule has 0 aliphatic heterocycles. The number of nitriles is 1. The minimum atomic E-state index is -3.58. The number of halogens is 1. The molecule has 0 aromatic heterocycles. The van der Waals surface area contributed by atoms with Gasteiger partial charge in [-0.1, -0.05) is 20.8 Å². The van der Waals surface area contributed by atoms with Crippen LogP contribution in [0.4, 0.5) is 10.1 Å². The van der Waals surface area contributed by atoms with E-state index in [-0.39, 0.29) is 22.4 Å². The zero-order chi connectivity index (χ0) is 14.7. The van der Waals surface area contributed by atoms with Gasteiger partial charge in [-0.2, -0.15) is 5.26 Å². The highest BCUT2D eigenvalue weighted by atomic mass is 32.2. The molecule has 19 heavy (non-hydrogen) atoms. The van der Waals surface area contributed by atoms with Gasteiger partial charge in [0, 0.05) is 0 Å². The third-order valence-electron chi connectivity index (χ3n) is 2.48. The third-order valence-corrected chi connectivity index (χ3v) is 3.76. The van der Waals surface area contributed by atoms with Gasteiger partial charge in [-0.25, -0.2) is 12.8 Å². The smallest absolute Gasteiger partial charge is 0.232 e. The van der Waals surface area contributed by atoms with Gasteiger partial charge in [-0.15, -0.1) is 0 Å². The van der Waals surface area contributed by atoms with Crippen LogP contribution in [0.2, 0.25) is 0 Å². The van der Waals surface area contributed by atoms with E-state index in [2.05, 4.69) is 4.72 Å². The average Bonchev–Trinajstić information content (AvgIpc) is 2.28. The highest BCUT2D eigenvalue weighted by Crippen LogP contribution is 2.21. The first kappa shape index (κ1) is 15.4. The monoisotopic (exact) mass is 284 g/mol. The van der Waals surface area contributed by atoms with Crippen LogP contribution in [0.1, 0.15) is 32.8 Å². The maximum Gasteiger partial charge on any atom is 0.232 e. The van der Waals surface area contributed by atoms with E-state index < -0.39 is 15.8 Å². The Morgan fingerprint density at radius 2 is 2.00 bits per heavy atom. The lowest BCUT2D eigenvalue weighted by atomic mass is 9.94. The van der Waals surface area contributed by atoms with E-state index in [9.17, 15) is 12.8 Å². The molecule has 1 rings (SSSR count). The number of sulfonamides is 1. The van der Waals surface area contributed by atoms with Crippen molar-refractivity contribution in [3.63, 3.8) is 0 Å². The standard InChI is InChI=1S/C13H17FN2O2S/c1-13(2,3)6-7-19(17,18)16-12-5-4-10(9-15)8-11(12)14/h4-5,8,16H,6-7H2,1-3H3. The first-order valence-corrected chi connectivity index (χ1v) is 7.48. The molecule has 4 nitrogen and oxygen atoms in total. The Bertz CT molecular complexity index is 598. The fourth-order valence-electron chi connectivity index (χ4n) is 1.33. The molecule has 0 radical (unpaired) electrons. The van der Waals surface area contributed by atoms with Crippen molar-refractivity contribution in [1.82, 2.24) is 0 Å². The molecule has 0 aliphatic rings. The predicted molar refractivity (Wildman–Crippen MR) is 72.6 cm³/mol. The van der Waals surface area contributed by atoms with Gasteiger partial charge in [0.2, 0.25) is 10.0 Å². The van der Waals surface area contributed by atoms with Gasteiger partial charge < -0.3 is 0 Å². The summed E-state index contributed by atoms with van der Waals surface area (Å²) in [4.78, 5) is 0. The van der Waals surface area contributed by atoms with Crippen LogP contribution in [0.3, 0.4) is 0 Å². The molecule has 0 fully saturated rings. The second kappa shape index (κ2) is 5.57. The van der Waals surface area contributed by atoms with Crippen molar-refractivity contribution in [1.29, 1.82) is 5.26 Å². The number of rotatable bonds is 4. The number of hydrogen-bond donors (Lipinski definition) is 1. The lowest BCUT2D eigenvalue weighted by molar-refractivity contribution is 0.397. The number of anilines is 1. The molecule has 1 aromatic rings. The van der Waals surface area contributed by atoms with E-state index in [1.807, 2.05) is 20.8 Å². The van der Waals surface area contributed by atoms with E-state index in [4.69, 9.17) is 5.26 Å². The molecule has 1 aromatic carbocycles. The SMILES string of the molecule is CC(C)(C)CCS(=O)(=O)Nc1ccc(C#N)cc1F. The molecule has 0 atom stereocenters. The van der Waals surface area contributed by atoms with Crippen molar-refractivity contribution in [3.05, 3.63) is 29.6 Å². The summed E-state index contributed by atoms with van der Waals surface area (Å²) in [5, 5.41) is 8.60. The van der Waals surface area contributed by atoms with Gasteiger partial charge in [-0.05, 0) is 30.0 Å². The fourth-order valence-corrected chi connectivity index (χ4v) is 2.81. The van der Waals surface area contributed by atoms with E-state index >= 15 is 0 Å². The normalized spacial score (nSPS) is 11.9. The first-order chi connectivity index (χ1) is 8.63. The summed E-state index contributed by atoms with van der Waals surface area (Å²) in [6, 6.07) is 5.41. The Morgan fingerprint density at radius 3 is 2.47 bits per heavy atom. The second-order valence-corrected chi connectivity index (χ2v) is 7.38. The van der Waals surface area contributed by atoms with E-state index in [1.54, 1.807) is 6.07 Å². The van der Waals surface area contributed by atoms with Crippen molar-refractivity contribution < 1.29 is 12.8 Å². The highest BCUT2D eigenvalue weighted by molar-refractivity contribution is 7.92. The summed E-state index contributed by atoms with van der Waals surface area (Å²) in [6.45, 7) is 5.81.